The molecule has 1 aromatic rings. The molecule has 88 valence electrons. The Morgan fingerprint density at radius 2 is 2.00 bits per heavy atom. The summed E-state index contributed by atoms with van der Waals surface area (Å²) >= 11 is 5.72. The maximum atomic E-state index is 11.8. The minimum atomic E-state index is -4.74. The molecule has 0 aliphatic carbocycles. The molecular formula is C9H8ClF3N2O. The summed E-state index contributed by atoms with van der Waals surface area (Å²) in [7, 11) is 0. The number of rotatable bonds is 1. The molecule has 0 aliphatic rings. The topological polar surface area (TPSA) is 41.1 Å². The van der Waals surface area contributed by atoms with E-state index in [0.29, 0.717) is 10.6 Å². The Bertz CT molecular complexity index is 406. The van der Waals surface area contributed by atoms with Crippen LogP contribution in [0.3, 0.4) is 0 Å². The van der Waals surface area contributed by atoms with Crippen molar-refractivity contribution in [1.29, 1.82) is 0 Å². The molecule has 1 aromatic carbocycles. The molecule has 0 spiro atoms. The molecular weight excluding hydrogens is 245 g/mol. The van der Waals surface area contributed by atoms with Gasteiger partial charge in [-0.1, -0.05) is 11.6 Å². The summed E-state index contributed by atoms with van der Waals surface area (Å²) in [5, 5.41) is 3.33. The molecule has 0 unspecified atom stereocenters. The van der Waals surface area contributed by atoms with Gasteiger partial charge in [0.1, 0.15) is 0 Å². The van der Waals surface area contributed by atoms with Crippen molar-refractivity contribution < 1.29 is 18.0 Å². The normalized spacial score (nSPS) is 11.1. The van der Waals surface area contributed by atoms with Crippen molar-refractivity contribution in [3.63, 3.8) is 0 Å². The van der Waals surface area contributed by atoms with Crippen LogP contribution in [0, 0.1) is 6.92 Å². The first kappa shape index (κ1) is 12.6. The van der Waals surface area contributed by atoms with Crippen molar-refractivity contribution in [1.82, 2.24) is 5.32 Å². The Morgan fingerprint density at radius 3 is 2.50 bits per heavy atom. The van der Waals surface area contributed by atoms with Gasteiger partial charge < -0.3 is 5.32 Å². The standard InChI is InChI=1S/C9H8ClF3N2O/c1-5-4-6(2-3-7(5)10)14-8(16)15-9(11,12)13/h2-4H,1H3,(H2,14,15,16). The van der Waals surface area contributed by atoms with Crippen molar-refractivity contribution >= 4 is 23.3 Å². The predicted molar refractivity (Wildman–Crippen MR) is 54.4 cm³/mol. The Labute approximate surface area is 94.6 Å². The number of benzene rings is 1. The fourth-order valence-electron chi connectivity index (χ4n) is 1.01. The van der Waals surface area contributed by atoms with E-state index in [4.69, 9.17) is 11.6 Å². The molecule has 2 amide bonds. The number of hydrogen-bond acceptors (Lipinski definition) is 1. The molecule has 16 heavy (non-hydrogen) atoms. The molecule has 0 aliphatic heterocycles. The number of alkyl halides is 3. The predicted octanol–water partition coefficient (Wildman–Crippen LogP) is 3.29. The van der Waals surface area contributed by atoms with E-state index >= 15 is 0 Å². The van der Waals surface area contributed by atoms with Gasteiger partial charge in [0.15, 0.2) is 0 Å². The lowest BCUT2D eigenvalue weighted by molar-refractivity contribution is -0.144. The molecule has 0 atom stereocenters. The average Bonchev–Trinajstić information content (AvgIpc) is 2.08. The van der Waals surface area contributed by atoms with Crippen molar-refractivity contribution in [3.05, 3.63) is 28.8 Å². The van der Waals surface area contributed by atoms with Gasteiger partial charge in [-0.3, -0.25) is 0 Å². The number of aryl methyl sites for hydroxylation is 1. The lowest BCUT2D eigenvalue weighted by Crippen LogP contribution is -2.40. The summed E-state index contributed by atoms with van der Waals surface area (Å²) in [6, 6.07) is 3.03. The molecule has 0 bridgehead atoms. The first-order valence-electron chi connectivity index (χ1n) is 4.20. The van der Waals surface area contributed by atoms with E-state index in [9.17, 15) is 18.0 Å². The summed E-state index contributed by atoms with van der Waals surface area (Å²) in [6.07, 6.45) is -4.74. The van der Waals surface area contributed by atoms with E-state index < -0.39 is 12.3 Å². The van der Waals surface area contributed by atoms with Crippen LogP contribution >= 0.6 is 11.6 Å². The zero-order valence-electron chi connectivity index (χ0n) is 8.15. The second-order valence-corrected chi connectivity index (χ2v) is 3.45. The second kappa shape index (κ2) is 4.61. The monoisotopic (exact) mass is 252 g/mol. The highest BCUT2D eigenvalue weighted by Gasteiger charge is 2.29. The van der Waals surface area contributed by atoms with Crippen LogP contribution in [0.4, 0.5) is 23.7 Å². The third kappa shape index (κ3) is 3.98. The number of anilines is 1. The Kier molecular flexibility index (Phi) is 3.64. The van der Waals surface area contributed by atoms with E-state index in [-0.39, 0.29) is 5.69 Å². The molecule has 2 N–H and O–H groups in total. The smallest absolute Gasteiger partial charge is 0.308 e. The number of halogens is 4. The van der Waals surface area contributed by atoms with E-state index in [1.165, 1.54) is 18.2 Å². The van der Waals surface area contributed by atoms with Gasteiger partial charge in [0.05, 0.1) is 0 Å². The molecule has 1 rings (SSSR count). The minimum Gasteiger partial charge on any atom is -0.308 e. The van der Waals surface area contributed by atoms with Crippen molar-refractivity contribution in [2.24, 2.45) is 0 Å². The molecule has 3 nitrogen and oxygen atoms in total. The molecule has 7 heteroatoms. The highest BCUT2D eigenvalue weighted by Crippen LogP contribution is 2.19. The Morgan fingerprint density at radius 1 is 1.38 bits per heavy atom. The number of carbonyl (C=O) groups excluding carboxylic acids is 1. The first-order valence-corrected chi connectivity index (χ1v) is 4.58. The van der Waals surface area contributed by atoms with Crippen LogP contribution in [0.1, 0.15) is 5.56 Å². The summed E-state index contributed by atoms with van der Waals surface area (Å²) in [6.45, 7) is 1.68. The van der Waals surface area contributed by atoms with E-state index in [2.05, 4.69) is 0 Å². The van der Waals surface area contributed by atoms with Gasteiger partial charge in [-0.2, -0.15) is 13.2 Å². The average molecular weight is 253 g/mol. The SMILES string of the molecule is Cc1cc(NC(=O)NC(F)(F)F)ccc1Cl. The quantitative estimate of drug-likeness (QED) is 0.740. The zero-order valence-corrected chi connectivity index (χ0v) is 8.91. The largest absolute Gasteiger partial charge is 0.485 e. The second-order valence-electron chi connectivity index (χ2n) is 3.04. The maximum Gasteiger partial charge on any atom is 0.485 e. The summed E-state index contributed by atoms with van der Waals surface area (Å²) in [5.74, 6) is 0. The Balaban J connectivity index is 2.67. The minimum absolute atomic E-state index is 0.239. The fraction of sp³-hybridized carbons (Fsp3) is 0.222. The van der Waals surface area contributed by atoms with Gasteiger partial charge in [0.25, 0.3) is 0 Å². The number of urea groups is 1. The van der Waals surface area contributed by atoms with E-state index in [1.807, 2.05) is 5.32 Å². The molecule has 0 radical (unpaired) electrons. The van der Waals surface area contributed by atoms with Crippen molar-refractivity contribution in [3.8, 4) is 0 Å². The highest BCUT2D eigenvalue weighted by atomic mass is 35.5. The van der Waals surface area contributed by atoms with Gasteiger partial charge in [0.2, 0.25) is 0 Å². The third-order valence-corrected chi connectivity index (χ3v) is 2.10. The van der Waals surface area contributed by atoms with Gasteiger partial charge in [-0.05, 0) is 30.7 Å². The molecule has 0 fully saturated rings. The van der Waals surface area contributed by atoms with Gasteiger partial charge in [0, 0.05) is 10.7 Å². The van der Waals surface area contributed by atoms with Crippen LogP contribution < -0.4 is 10.6 Å². The third-order valence-electron chi connectivity index (χ3n) is 1.67. The molecule has 0 heterocycles. The van der Waals surface area contributed by atoms with Crippen LogP contribution in [-0.2, 0) is 0 Å². The fourth-order valence-corrected chi connectivity index (χ4v) is 1.13. The lowest BCUT2D eigenvalue weighted by Gasteiger charge is -2.10. The maximum absolute atomic E-state index is 11.8. The van der Waals surface area contributed by atoms with Crippen LogP contribution in [0.2, 0.25) is 5.02 Å². The highest BCUT2D eigenvalue weighted by molar-refractivity contribution is 6.31. The van der Waals surface area contributed by atoms with Crippen molar-refractivity contribution in [2.45, 2.75) is 13.2 Å². The molecule has 0 aromatic heterocycles. The summed E-state index contributed by atoms with van der Waals surface area (Å²) < 4.78 is 35.3. The molecule has 0 saturated carbocycles. The molecule has 0 saturated heterocycles. The van der Waals surface area contributed by atoms with Crippen LogP contribution in [0.5, 0.6) is 0 Å². The number of carbonyl (C=O) groups is 1. The first-order chi connectivity index (χ1) is 7.28. The van der Waals surface area contributed by atoms with Crippen LogP contribution in [-0.4, -0.2) is 12.3 Å². The van der Waals surface area contributed by atoms with Crippen LogP contribution in [0.25, 0.3) is 0 Å². The zero-order chi connectivity index (χ0) is 12.3. The van der Waals surface area contributed by atoms with Gasteiger partial charge in [-0.25, -0.2) is 10.1 Å². The van der Waals surface area contributed by atoms with Crippen LogP contribution in [0.15, 0.2) is 18.2 Å². The lowest BCUT2D eigenvalue weighted by atomic mass is 10.2. The van der Waals surface area contributed by atoms with Gasteiger partial charge in [-0.15, -0.1) is 0 Å². The number of amides is 2. The summed E-state index contributed by atoms with van der Waals surface area (Å²) in [4.78, 5) is 10.8. The van der Waals surface area contributed by atoms with Crippen molar-refractivity contribution in [2.75, 3.05) is 5.32 Å². The van der Waals surface area contributed by atoms with Gasteiger partial charge >= 0.3 is 12.3 Å². The van der Waals surface area contributed by atoms with E-state index in [0.717, 1.165) is 5.32 Å². The van der Waals surface area contributed by atoms with E-state index in [1.54, 1.807) is 6.92 Å². The number of nitrogens with one attached hydrogen (secondary N) is 2. The summed E-state index contributed by atoms with van der Waals surface area (Å²) in [5.41, 5.74) is 0.898. The Hall–Kier alpha value is -1.43. The number of hydrogen-bond donors (Lipinski definition) is 2.